The quantitative estimate of drug-likeness (QED) is 0.870. The predicted octanol–water partition coefficient (Wildman–Crippen LogP) is 4.13. The van der Waals surface area contributed by atoms with Crippen molar-refractivity contribution in [1.29, 1.82) is 0 Å². The first-order valence-corrected chi connectivity index (χ1v) is 7.23. The van der Waals surface area contributed by atoms with Gasteiger partial charge in [-0.2, -0.15) is 0 Å². The topological polar surface area (TPSA) is 24.9 Å². The number of rotatable bonds is 2. The minimum atomic E-state index is -0.825. The molecular formula is C14H15BrF2N2S. The molecule has 1 aliphatic heterocycles. The van der Waals surface area contributed by atoms with Gasteiger partial charge in [0.15, 0.2) is 11.6 Å². The molecule has 0 unspecified atom stereocenters. The summed E-state index contributed by atoms with van der Waals surface area (Å²) in [6.07, 6.45) is 2.18. The zero-order valence-electron chi connectivity index (χ0n) is 10.7. The molecule has 6 heteroatoms. The van der Waals surface area contributed by atoms with Crippen molar-refractivity contribution in [2.45, 2.75) is 18.8 Å². The Balaban J connectivity index is 0.00000147. The monoisotopic (exact) mass is 360 g/mol. The highest BCUT2D eigenvalue weighted by molar-refractivity contribution is 8.93. The summed E-state index contributed by atoms with van der Waals surface area (Å²) in [4.78, 5) is 4.58. The molecule has 0 atom stereocenters. The maximum Gasteiger partial charge on any atom is 0.159 e. The molecule has 1 fully saturated rings. The van der Waals surface area contributed by atoms with Crippen molar-refractivity contribution in [1.82, 2.24) is 10.3 Å². The molecule has 1 N–H and O–H groups in total. The van der Waals surface area contributed by atoms with Crippen LogP contribution in [-0.4, -0.2) is 18.1 Å². The zero-order chi connectivity index (χ0) is 13.2. The molecule has 1 aromatic carbocycles. The SMILES string of the molecule is Br.Fc1ccc(-c2csc(C3CCNCC3)n2)cc1F. The molecule has 0 radical (unpaired) electrons. The van der Waals surface area contributed by atoms with Gasteiger partial charge < -0.3 is 5.32 Å². The van der Waals surface area contributed by atoms with E-state index < -0.39 is 11.6 Å². The van der Waals surface area contributed by atoms with Crippen molar-refractivity contribution >= 4 is 28.3 Å². The Kier molecular flexibility index (Phi) is 5.23. The second-order valence-corrected chi connectivity index (χ2v) is 5.61. The number of thiazole rings is 1. The minimum Gasteiger partial charge on any atom is -0.317 e. The molecule has 0 spiro atoms. The van der Waals surface area contributed by atoms with Gasteiger partial charge >= 0.3 is 0 Å². The van der Waals surface area contributed by atoms with Gasteiger partial charge in [-0.3, -0.25) is 0 Å². The van der Waals surface area contributed by atoms with Crippen LogP contribution >= 0.6 is 28.3 Å². The van der Waals surface area contributed by atoms with E-state index in [0.29, 0.717) is 11.5 Å². The van der Waals surface area contributed by atoms with Gasteiger partial charge in [-0.15, -0.1) is 28.3 Å². The van der Waals surface area contributed by atoms with Crippen molar-refractivity contribution in [3.8, 4) is 11.3 Å². The summed E-state index contributed by atoms with van der Waals surface area (Å²) < 4.78 is 26.1. The molecule has 0 bridgehead atoms. The molecule has 0 saturated carbocycles. The Labute approximate surface area is 131 Å². The van der Waals surface area contributed by atoms with E-state index in [1.165, 1.54) is 6.07 Å². The maximum atomic E-state index is 13.2. The smallest absolute Gasteiger partial charge is 0.159 e. The average Bonchev–Trinajstić information content (AvgIpc) is 2.93. The van der Waals surface area contributed by atoms with Gasteiger partial charge in [-0.1, -0.05) is 0 Å². The largest absolute Gasteiger partial charge is 0.317 e. The summed E-state index contributed by atoms with van der Waals surface area (Å²) in [5.41, 5.74) is 1.37. The number of nitrogens with zero attached hydrogens (tertiary/aromatic N) is 1. The lowest BCUT2D eigenvalue weighted by molar-refractivity contribution is 0.459. The Hall–Kier alpha value is -0.850. The summed E-state index contributed by atoms with van der Waals surface area (Å²) in [6, 6.07) is 3.92. The molecule has 3 rings (SSSR count). The first-order valence-electron chi connectivity index (χ1n) is 6.35. The second-order valence-electron chi connectivity index (χ2n) is 4.72. The van der Waals surface area contributed by atoms with Crippen LogP contribution in [0.3, 0.4) is 0 Å². The van der Waals surface area contributed by atoms with Crippen LogP contribution in [0.25, 0.3) is 11.3 Å². The Bertz CT molecular complexity index is 582. The van der Waals surface area contributed by atoms with E-state index in [1.54, 1.807) is 17.4 Å². The Morgan fingerprint density at radius 2 is 1.90 bits per heavy atom. The van der Waals surface area contributed by atoms with E-state index in [9.17, 15) is 8.78 Å². The third-order valence-corrected chi connectivity index (χ3v) is 4.43. The van der Waals surface area contributed by atoms with Crippen molar-refractivity contribution in [2.75, 3.05) is 13.1 Å². The highest BCUT2D eigenvalue weighted by Crippen LogP contribution is 2.31. The molecule has 0 aliphatic carbocycles. The van der Waals surface area contributed by atoms with E-state index in [4.69, 9.17) is 0 Å². The summed E-state index contributed by atoms with van der Waals surface area (Å²) in [5.74, 6) is -1.16. The number of hydrogen-bond acceptors (Lipinski definition) is 3. The molecule has 1 aromatic heterocycles. The lowest BCUT2D eigenvalue weighted by Crippen LogP contribution is -2.26. The van der Waals surface area contributed by atoms with E-state index in [0.717, 1.165) is 42.7 Å². The fraction of sp³-hybridized carbons (Fsp3) is 0.357. The Morgan fingerprint density at radius 1 is 1.15 bits per heavy atom. The van der Waals surface area contributed by atoms with Crippen molar-refractivity contribution in [3.05, 3.63) is 40.2 Å². The fourth-order valence-electron chi connectivity index (χ4n) is 2.33. The summed E-state index contributed by atoms with van der Waals surface area (Å²) in [7, 11) is 0. The van der Waals surface area contributed by atoms with Crippen LogP contribution in [0.1, 0.15) is 23.8 Å². The van der Waals surface area contributed by atoms with E-state index in [-0.39, 0.29) is 17.0 Å². The van der Waals surface area contributed by atoms with E-state index in [1.807, 2.05) is 5.38 Å². The van der Waals surface area contributed by atoms with Gasteiger partial charge in [0.25, 0.3) is 0 Å². The minimum absolute atomic E-state index is 0. The fourth-order valence-corrected chi connectivity index (χ4v) is 3.33. The molecular weight excluding hydrogens is 346 g/mol. The Morgan fingerprint density at radius 3 is 2.60 bits per heavy atom. The first-order chi connectivity index (χ1) is 9.24. The van der Waals surface area contributed by atoms with Crippen molar-refractivity contribution in [2.24, 2.45) is 0 Å². The molecule has 2 heterocycles. The molecule has 20 heavy (non-hydrogen) atoms. The predicted molar refractivity (Wildman–Crippen MR) is 82.6 cm³/mol. The van der Waals surface area contributed by atoms with Crippen LogP contribution in [-0.2, 0) is 0 Å². The normalized spacial score (nSPS) is 15.9. The van der Waals surface area contributed by atoms with E-state index in [2.05, 4.69) is 10.3 Å². The third-order valence-electron chi connectivity index (χ3n) is 3.43. The van der Waals surface area contributed by atoms with Gasteiger partial charge in [0.2, 0.25) is 0 Å². The van der Waals surface area contributed by atoms with Gasteiger partial charge in [-0.25, -0.2) is 13.8 Å². The zero-order valence-corrected chi connectivity index (χ0v) is 13.3. The van der Waals surface area contributed by atoms with Crippen molar-refractivity contribution < 1.29 is 8.78 Å². The number of nitrogens with one attached hydrogen (secondary N) is 1. The lowest BCUT2D eigenvalue weighted by Gasteiger charge is -2.20. The van der Waals surface area contributed by atoms with Crippen LogP contribution in [0.5, 0.6) is 0 Å². The van der Waals surface area contributed by atoms with Crippen LogP contribution in [0.4, 0.5) is 8.78 Å². The molecule has 1 saturated heterocycles. The van der Waals surface area contributed by atoms with Gasteiger partial charge in [0.1, 0.15) is 0 Å². The lowest BCUT2D eigenvalue weighted by atomic mass is 9.99. The molecule has 2 aromatic rings. The summed E-state index contributed by atoms with van der Waals surface area (Å²) in [5, 5.41) is 6.34. The molecule has 0 amide bonds. The van der Waals surface area contributed by atoms with Crippen LogP contribution in [0, 0.1) is 11.6 Å². The highest BCUT2D eigenvalue weighted by atomic mass is 79.9. The summed E-state index contributed by atoms with van der Waals surface area (Å²) >= 11 is 1.61. The van der Waals surface area contributed by atoms with Gasteiger partial charge in [0, 0.05) is 16.9 Å². The number of aromatic nitrogens is 1. The number of piperidine rings is 1. The first kappa shape index (κ1) is 15.5. The van der Waals surface area contributed by atoms with Gasteiger partial charge in [-0.05, 0) is 44.1 Å². The third kappa shape index (κ3) is 3.24. The second kappa shape index (κ2) is 6.74. The molecule has 1 aliphatic rings. The number of benzene rings is 1. The van der Waals surface area contributed by atoms with Crippen LogP contribution in [0.15, 0.2) is 23.6 Å². The molecule has 108 valence electrons. The van der Waals surface area contributed by atoms with Gasteiger partial charge in [0.05, 0.1) is 10.7 Å². The maximum absolute atomic E-state index is 13.2. The highest BCUT2D eigenvalue weighted by Gasteiger charge is 2.19. The van der Waals surface area contributed by atoms with Crippen molar-refractivity contribution in [3.63, 3.8) is 0 Å². The number of halogens is 3. The number of hydrogen-bond donors (Lipinski definition) is 1. The average molecular weight is 361 g/mol. The van der Waals surface area contributed by atoms with Crippen LogP contribution in [0.2, 0.25) is 0 Å². The van der Waals surface area contributed by atoms with Crippen LogP contribution < -0.4 is 5.32 Å². The molecule has 2 nitrogen and oxygen atoms in total. The summed E-state index contributed by atoms with van der Waals surface area (Å²) in [6.45, 7) is 2.04. The standard InChI is InChI=1S/C14H14F2N2S.BrH/c15-11-2-1-10(7-12(11)16)13-8-19-14(18-13)9-3-5-17-6-4-9;/h1-2,7-9,17H,3-6H2;1H. The van der Waals surface area contributed by atoms with E-state index >= 15 is 0 Å².